The van der Waals surface area contributed by atoms with Crippen LogP contribution in [0.1, 0.15) is 39.5 Å². The quantitative estimate of drug-likeness (QED) is 0.771. The first-order chi connectivity index (χ1) is 9.58. The Morgan fingerprint density at radius 3 is 2.75 bits per heavy atom. The van der Waals surface area contributed by atoms with Gasteiger partial charge >= 0.3 is 0 Å². The van der Waals surface area contributed by atoms with Crippen molar-refractivity contribution >= 4 is 23.2 Å². The van der Waals surface area contributed by atoms with Crippen LogP contribution in [0.2, 0.25) is 5.02 Å². The Balaban J connectivity index is 2.60. The van der Waals surface area contributed by atoms with Gasteiger partial charge in [0.05, 0.1) is 17.7 Å². The minimum absolute atomic E-state index is 0.184. The third-order valence-corrected chi connectivity index (χ3v) is 3.16. The van der Waals surface area contributed by atoms with Crippen LogP contribution in [-0.2, 0) is 4.79 Å². The number of rotatable bonds is 8. The summed E-state index contributed by atoms with van der Waals surface area (Å²) in [4.78, 5) is 11.9. The van der Waals surface area contributed by atoms with E-state index in [1.165, 1.54) is 0 Å². The maximum absolute atomic E-state index is 11.9. The Morgan fingerprint density at radius 2 is 2.15 bits per heavy atom. The van der Waals surface area contributed by atoms with E-state index in [4.69, 9.17) is 22.1 Å². The SMILES string of the molecule is CCCC[C@H](N)C(=O)Nc1ccc(OCCC)c(Cl)c1. The molecule has 0 saturated carbocycles. The number of ether oxygens (including phenoxy) is 1. The third kappa shape index (κ3) is 5.39. The first-order valence-electron chi connectivity index (χ1n) is 7.07. The molecule has 0 radical (unpaired) electrons. The molecule has 3 N–H and O–H groups in total. The largest absolute Gasteiger partial charge is 0.492 e. The van der Waals surface area contributed by atoms with Gasteiger partial charge in [0.2, 0.25) is 5.91 Å². The second-order valence-corrected chi connectivity index (χ2v) is 5.14. The van der Waals surface area contributed by atoms with Crippen molar-refractivity contribution in [1.29, 1.82) is 0 Å². The molecular formula is C15H23ClN2O2. The summed E-state index contributed by atoms with van der Waals surface area (Å²) in [5, 5.41) is 3.26. The Kier molecular flexibility index (Phi) is 7.41. The number of nitrogens with one attached hydrogen (secondary N) is 1. The van der Waals surface area contributed by atoms with E-state index in [-0.39, 0.29) is 5.91 Å². The number of amides is 1. The molecule has 5 heteroatoms. The Bertz CT molecular complexity index is 438. The summed E-state index contributed by atoms with van der Waals surface area (Å²) >= 11 is 6.10. The molecule has 0 unspecified atom stereocenters. The number of carbonyl (C=O) groups is 1. The molecule has 112 valence electrons. The highest BCUT2D eigenvalue weighted by atomic mass is 35.5. The highest BCUT2D eigenvalue weighted by Gasteiger charge is 2.13. The topological polar surface area (TPSA) is 64.4 Å². The average molecular weight is 299 g/mol. The smallest absolute Gasteiger partial charge is 0.241 e. The van der Waals surface area contributed by atoms with Crippen molar-refractivity contribution in [3.8, 4) is 5.75 Å². The molecule has 0 saturated heterocycles. The van der Waals surface area contributed by atoms with Crippen LogP contribution in [0, 0.1) is 0 Å². The molecule has 1 aromatic rings. The zero-order chi connectivity index (χ0) is 15.0. The minimum Gasteiger partial charge on any atom is -0.492 e. The monoisotopic (exact) mass is 298 g/mol. The van der Waals surface area contributed by atoms with E-state index in [0.29, 0.717) is 29.5 Å². The third-order valence-electron chi connectivity index (χ3n) is 2.87. The normalized spacial score (nSPS) is 12.0. The first-order valence-corrected chi connectivity index (χ1v) is 7.45. The molecule has 4 nitrogen and oxygen atoms in total. The first kappa shape index (κ1) is 16.8. The number of carbonyl (C=O) groups excluding carboxylic acids is 1. The van der Waals surface area contributed by atoms with Gasteiger partial charge in [-0.2, -0.15) is 0 Å². The van der Waals surface area contributed by atoms with E-state index < -0.39 is 6.04 Å². The number of hydrogen-bond donors (Lipinski definition) is 2. The molecular weight excluding hydrogens is 276 g/mol. The summed E-state index contributed by atoms with van der Waals surface area (Å²) in [6, 6.07) is 4.72. The van der Waals surface area contributed by atoms with E-state index in [0.717, 1.165) is 19.3 Å². The van der Waals surface area contributed by atoms with Crippen molar-refractivity contribution in [2.45, 2.75) is 45.6 Å². The van der Waals surface area contributed by atoms with Crippen molar-refractivity contribution in [3.63, 3.8) is 0 Å². The van der Waals surface area contributed by atoms with Gasteiger partial charge in [-0.05, 0) is 31.0 Å². The van der Waals surface area contributed by atoms with Crippen molar-refractivity contribution in [1.82, 2.24) is 0 Å². The summed E-state index contributed by atoms with van der Waals surface area (Å²) in [6.45, 7) is 4.72. The van der Waals surface area contributed by atoms with Crippen LogP contribution in [-0.4, -0.2) is 18.6 Å². The fourth-order valence-corrected chi connectivity index (χ4v) is 1.93. The molecule has 1 atom stereocenters. The van der Waals surface area contributed by atoms with Crippen molar-refractivity contribution in [2.75, 3.05) is 11.9 Å². The van der Waals surface area contributed by atoms with Crippen LogP contribution in [0.3, 0.4) is 0 Å². The molecule has 0 bridgehead atoms. The molecule has 0 aliphatic carbocycles. The minimum atomic E-state index is -0.482. The van der Waals surface area contributed by atoms with Gasteiger partial charge in [-0.3, -0.25) is 4.79 Å². The van der Waals surface area contributed by atoms with Gasteiger partial charge in [-0.25, -0.2) is 0 Å². The molecule has 0 aliphatic rings. The molecule has 0 spiro atoms. The Morgan fingerprint density at radius 1 is 1.40 bits per heavy atom. The summed E-state index contributed by atoms with van der Waals surface area (Å²) in [7, 11) is 0. The summed E-state index contributed by atoms with van der Waals surface area (Å²) in [6.07, 6.45) is 3.57. The van der Waals surface area contributed by atoms with Crippen LogP contribution >= 0.6 is 11.6 Å². The van der Waals surface area contributed by atoms with E-state index in [2.05, 4.69) is 12.2 Å². The van der Waals surface area contributed by atoms with Crippen molar-refractivity contribution < 1.29 is 9.53 Å². The summed E-state index contributed by atoms with van der Waals surface area (Å²) < 4.78 is 5.48. The highest BCUT2D eigenvalue weighted by Crippen LogP contribution is 2.27. The van der Waals surface area contributed by atoms with Gasteiger partial charge in [0.1, 0.15) is 5.75 Å². The van der Waals surface area contributed by atoms with Gasteiger partial charge in [0.25, 0.3) is 0 Å². The standard InChI is InChI=1S/C15H23ClN2O2/c1-3-5-6-13(17)15(19)18-11-7-8-14(12(16)10-11)20-9-4-2/h7-8,10,13H,3-6,9,17H2,1-2H3,(H,18,19)/t13-/m0/s1. The van der Waals surface area contributed by atoms with Crippen LogP contribution in [0.5, 0.6) is 5.75 Å². The molecule has 0 heterocycles. The van der Waals surface area contributed by atoms with Gasteiger partial charge < -0.3 is 15.8 Å². The van der Waals surface area contributed by atoms with E-state index in [1.807, 2.05) is 6.92 Å². The zero-order valence-corrected chi connectivity index (χ0v) is 12.9. The van der Waals surface area contributed by atoms with Gasteiger partial charge in [-0.1, -0.05) is 38.3 Å². The number of unbranched alkanes of at least 4 members (excludes halogenated alkanes) is 1. The zero-order valence-electron chi connectivity index (χ0n) is 12.1. The lowest BCUT2D eigenvalue weighted by Crippen LogP contribution is -2.35. The lowest BCUT2D eigenvalue weighted by molar-refractivity contribution is -0.117. The lowest BCUT2D eigenvalue weighted by Gasteiger charge is -2.13. The molecule has 0 aliphatic heterocycles. The number of hydrogen-bond acceptors (Lipinski definition) is 3. The maximum Gasteiger partial charge on any atom is 0.241 e. The van der Waals surface area contributed by atoms with E-state index in [1.54, 1.807) is 18.2 Å². The molecule has 1 aromatic carbocycles. The van der Waals surface area contributed by atoms with Crippen molar-refractivity contribution in [2.24, 2.45) is 5.73 Å². The van der Waals surface area contributed by atoms with Crippen LogP contribution in [0.15, 0.2) is 18.2 Å². The van der Waals surface area contributed by atoms with E-state index in [9.17, 15) is 4.79 Å². The van der Waals surface area contributed by atoms with E-state index >= 15 is 0 Å². The van der Waals surface area contributed by atoms with Crippen molar-refractivity contribution in [3.05, 3.63) is 23.2 Å². The number of benzene rings is 1. The van der Waals surface area contributed by atoms with Gasteiger partial charge in [0.15, 0.2) is 0 Å². The Labute approximate surface area is 125 Å². The molecule has 20 heavy (non-hydrogen) atoms. The summed E-state index contributed by atoms with van der Waals surface area (Å²) in [5.41, 5.74) is 6.45. The molecule has 0 fully saturated rings. The predicted octanol–water partition coefficient (Wildman–Crippen LogP) is 3.58. The molecule has 1 amide bonds. The van der Waals surface area contributed by atoms with Crippen LogP contribution in [0.4, 0.5) is 5.69 Å². The molecule has 0 aromatic heterocycles. The fraction of sp³-hybridized carbons (Fsp3) is 0.533. The predicted molar refractivity (Wildman–Crippen MR) is 83.4 cm³/mol. The van der Waals surface area contributed by atoms with Crippen LogP contribution in [0.25, 0.3) is 0 Å². The average Bonchev–Trinajstić information content (AvgIpc) is 2.43. The van der Waals surface area contributed by atoms with Gasteiger partial charge in [-0.15, -0.1) is 0 Å². The van der Waals surface area contributed by atoms with Crippen LogP contribution < -0.4 is 15.8 Å². The van der Waals surface area contributed by atoms with Gasteiger partial charge in [0, 0.05) is 5.69 Å². The summed E-state index contributed by atoms with van der Waals surface area (Å²) in [5.74, 6) is 0.443. The highest BCUT2D eigenvalue weighted by molar-refractivity contribution is 6.32. The number of nitrogens with two attached hydrogens (primary N) is 1. The fourth-order valence-electron chi connectivity index (χ4n) is 1.70. The Hall–Kier alpha value is -1.26. The molecule has 1 rings (SSSR count). The lowest BCUT2D eigenvalue weighted by atomic mass is 10.1. The maximum atomic E-state index is 11.9. The second-order valence-electron chi connectivity index (χ2n) is 4.73. The second kappa shape index (κ2) is 8.82. The number of anilines is 1. The number of halogens is 1.